The molecule has 2 aromatic heterocycles. The van der Waals surface area contributed by atoms with Crippen LogP contribution in [-0.4, -0.2) is 16.1 Å². The minimum atomic E-state index is -4.84. The molecule has 0 fully saturated rings. The van der Waals surface area contributed by atoms with Crippen LogP contribution in [0, 0.1) is 24.1 Å². The summed E-state index contributed by atoms with van der Waals surface area (Å²) in [5, 5.41) is 8.77. The number of aromatic nitrogens is 2. The van der Waals surface area contributed by atoms with Crippen molar-refractivity contribution < 1.29 is 35.5 Å². The Balaban J connectivity index is 1.87. The molecule has 0 N–H and O–H groups in total. The Morgan fingerprint density at radius 1 is 1.12 bits per heavy atom. The third-order valence-corrected chi connectivity index (χ3v) is 5.49. The van der Waals surface area contributed by atoms with E-state index < -0.39 is 36.6 Å². The molecular weight excluding hydrogens is 463 g/mol. The molecule has 1 aromatic carbocycles. The van der Waals surface area contributed by atoms with Crippen molar-refractivity contribution in [3.8, 4) is 16.6 Å². The van der Waals surface area contributed by atoms with E-state index in [4.69, 9.17) is 10.00 Å². The molecule has 0 aliphatic heterocycles. The van der Waals surface area contributed by atoms with Gasteiger partial charge in [-0.3, -0.25) is 4.98 Å². The van der Waals surface area contributed by atoms with Crippen LogP contribution in [0.15, 0.2) is 36.5 Å². The van der Waals surface area contributed by atoms with Gasteiger partial charge in [-0.25, -0.2) is 9.37 Å². The fourth-order valence-electron chi connectivity index (χ4n) is 2.70. The van der Waals surface area contributed by atoms with Gasteiger partial charge < -0.3 is 4.74 Å². The quantitative estimate of drug-likeness (QED) is 0.403. The molecule has 0 radical (unpaired) electrons. The second-order valence-electron chi connectivity index (χ2n) is 6.56. The number of halogens is 7. The lowest BCUT2D eigenvalue weighted by Crippen LogP contribution is -2.23. The van der Waals surface area contributed by atoms with Gasteiger partial charge in [0.15, 0.2) is 6.10 Å². The highest BCUT2D eigenvalue weighted by Crippen LogP contribution is 2.42. The van der Waals surface area contributed by atoms with Gasteiger partial charge in [-0.15, -0.1) is 11.3 Å². The molecule has 0 aliphatic carbocycles. The molecule has 3 aromatic rings. The summed E-state index contributed by atoms with van der Waals surface area (Å²) in [4.78, 5) is 7.02. The molecule has 168 valence electrons. The lowest BCUT2D eigenvalue weighted by atomic mass is 10.1. The number of nitriles is 1. The van der Waals surface area contributed by atoms with Crippen LogP contribution in [0.5, 0.6) is 0 Å². The van der Waals surface area contributed by atoms with Crippen LogP contribution in [0.3, 0.4) is 0 Å². The zero-order valence-electron chi connectivity index (χ0n) is 16.1. The van der Waals surface area contributed by atoms with Crippen LogP contribution in [0.2, 0.25) is 0 Å². The molecule has 1 atom stereocenters. The number of nitrogens with zero attached hydrogens (tertiary/aromatic N) is 3. The standard InChI is InChI=1S/C20H12F7N3OS/c1-10-16(32-18(30-10)13-4-5-15(29-8-13)19(22,23)24)17(20(25,26)27)31-9-11-2-3-12(7-28)14(21)6-11/h2-6,8,17H,9H2,1H3. The normalized spacial score (nSPS) is 13.1. The Kier molecular flexibility index (Phi) is 6.52. The van der Waals surface area contributed by atoms with Crippen molar-refractivity contribution in [2.45, 2.75) is 32.0 Å². The molecule has 0 spiro atoms. The van der Waals surface area contributed by atoms with E-state index in [1.165, 1.54) is 13.0 Å². The second-order valence-corrected chi connectivity index (χ2v) is 7.59. The Labute approximate surface area is 180 Å². The van der Waals surface area contributed by atoms with Crippen LogP contribution >= 0.6 is 11.3 Å². The zero-order valence-corrected chi connectivity index (χ0v) is 16.9. The van der Waals surface area contributed by atoms with E-state index in [9.17, 15) is 30.7 Å². The lowest BCUT2D eigenvalue weighted by molar-refractivity contribution is -0.226. The van der Waals surface area contributed by atoms with Crippen LogP contribution in [-0.2, 0) is 17.5 Å². The summed E-state index contributed by atoms with van der Waals surface area (Å²) in [6.45, 7) is 0.720. The molecule has 0 aliphatic rings. The van der Waals surface area contributed by atoms with E-state index in [0.29, 0.717) is 17.4 Å². The first-order valence-corrected chi connectivity index (χ1v) is 9.59. The minimum Gasteiger partial charge on any atom is -0.358 e. The Morgan fingerprint density at radius 3 is 2.38 bits per heavy atom. The van der Waals surface area contributed by atoms with Gasteiger partial charge in [0.25, 0.3) is 0 Å². The molecular formula is C20H12F7N3OS. The van der Waals surface area contributed by atoms with Crippen LogP contribution in [0.4, 0.5) is 30.7 Å². The van der Waals surface area contributed by atoms with Crippen LogP contribution < -0.4 is 0 Å². The van der Waals surface area contributed by atoms with Crippen molar-refractivity contribution in [3.05, 3.63) is 69.7 Å². The smallest absolute Gasteiger partial charge is 0.358 e. The van der Waals surface area contributed by atoms with Crippen molar-refractivity contribution in [3.63, 3.8) is 0 Å². The van der Waals surface area contributed by atoms with E-state index in [-0.39, 0.29) is 32.3 Å². The number of hydrogen-bond donors (Lipinski definition) is 0. The maximum Gasteiger partial charge on any atom is 0.433 e. The highest BCUT2D eigenvalue weighted by molar-refractivity contribution is 7.15. The topological polar surface area (TPSA) is 58.8 Å². The predicted molar refractivity (Wildman–Crippen MR) is 99.8 cm³/mol. The Hall–Kier alpha value is -3.04. The van der Waals surface area contributed by atoms with Gasteiger partial charge in [0.2, 0.25) is 0 Å². The number of ether oxygens (including phenoxy) is 1. The van der Waals surface area contributed by atoms with Gasteiger partial charge in [0, 0.05) is 11.8 Å². The first-order valence-electron chi connectivity index (χ1n) is 8.78. The Bertz CT molecular complexity index is 1150. The van der Waals surface area contributed by atoms with Gasteiger partial charge in [0.1, 0.15) is 22.6 Å². The van der Waals surface area contributed by atoms with Crippen molar-refractivity contribution in [2.24, 2.45) is 0 Å². The molecule has 32 heavy (non-hydrogen) atoms. The fourth-order valence-corrected chi connectivity index (χ4v) is 3.83. The number of thiazole rings is 1. The maximum atomic E-state index is 13.7. The monoisotopic (exact) mass is 475 g/mol. The lowest BCUT2D eigenvalue weighted by Gasteiger charge is -2.20. The Morgan fingerprint density at radius 2 is 1.84 bits per heavy atom. The molecule has 1 unspecified atom stereocenters. The minimum absolute atomic E-state index is 0.0155. The van der Waals surface area contributed by atoms with Gasteiger partial charge in [0.05, 0.1) is 22.7 Å². The predicted octanol–water partition coefficient (Wildman–Crippen LogP) is 6.36. The summed E-state index contributed by atoms with van der Waals surface area (Å²) in [7, 11) is 0. The van der Waals surface area contributed by atoms with Crippen LogP contribution in [0.25, 0.3) is 10.6 Å². The van der Waals surface area contributed by atoms with Gasteiger partial charge in [-0.05, 0) is 36.8 Å². The SMILES string of the molecule is Cc1nc(-c2ccc(C(F)(F)F)nc2)sc1C(OCc1ccc(C#N)c(F)c1)C(F)(F)F. The van der Waals surface area contributed by atoms with Gasteiger partial charge in [-0.2, -0.15) is 31.6 Å². The number of rotatable bonds is 5. The summed E-state index contributed by atoms with van der Waals surface area (Å²) in [6, 6.07) is 6.70. The number of hydrogen-bond acceptors (Lipinski definition) is 5. The van der Waals surface area contributed by atoms with Gasteiger partial charge >= 0.3 is 12.4 Å². The summed E-state index contributed by atoms with van der Waals surface area (Å²) >= 11 is 0.611. The average Bonchev–Trinajstić information content (AvgIpc) is 3.08. The molecule has 4 nitrogen and oxygen atoms in total. The van der Waals surface area contributed by atoms with Gasteiger partial charge in [-0.1, -0.05) is 6.07 Å². The van der Waals surface area contributed by atoms with Crippen molar-refractivity contribution in [2.75, 3.05) is 0 Å². The van der Waals surface area contributed by atoms with Crippen molar-refractivity contribution >= 4 is 11.3 Å². The number of alkyl halides is 6. The van der Waals surface area contributed by atoms with E-state index in [1.54, 1.807) is 6.07 Å². The third-order valence-electron chi connectivity index (χ3n) is 4.24. The van der Waals surface area contributed by atoms with Crippen molar-refractivity contribution in [1.82, 2.24) is 9.97 Å². The number of pyridine rings is 1. The third kappa shape index (κ3) is 5.23. The first-order chi connectivity index (χ1) is 14.9. The van der Waals surface area contributed by atoms with E-state index in [2.05, 4.69) is 9.97 Å². The molecule has 2 heterocycles. The number of aryl methyl sites for hydroxylation is 1. The number of benzene rings is 1. The highest BCUT2D eigenvalue weighted by Gasteiger charge is 2.44. The molecule has 12 heteroatoms. The average molecular weight is 475 g/mol. The second kappa shape index (κ2) is 8.84. The summed E-state index contributed by atoms with van der Waals surface area (Å²) in [5.74, 6) is -0.886. The van der Waals surface area contributed by atoms with Crippen LogP contribution in [0.1, 0.15) is 33.5 Å². The first kappa shape index (κ1) is 23.6. The van der Waals surface area contributed by atoms with E-state index in [0.717, 1.165) is 24.4 Å². The van der Waals surface area contributed by atoms with E-state index in [1.807, 2.05) is 0 Å². The fraction of sp³-hybridized carbons (Fsp3) is 0.250. The van der Waals surface area contributed by atoms with Crippen molar-refractivity contribution in [1.29, 1.82) is 5.26 Å². The highest BCUT2D eigenvalue weighted by atomic mass is 32.1. The molecule has 0 amide bonds. The molecule has 0 saturated heterocycles. The molecule has 0 saturated carbocycles. The summed E-state index contributed by atoms with van der Waals surface area (Å²) in [6.07, 6.45) is -11.0. The zero-order chi connectivity index (χ0) is 23.7. The van der Waals surface area contributed by atoms with E-state index >= 15 is 0 Å². The maximum absolute atomic E-state index is 13.7. The molecule has 3 rings (SSSR count). The largest absolute Gasteiger partial charge is 0.433 e. The summed E-state index contributed by atoms with van der Waals surface area (Å²) in [5.41, 5.74) is -1.20. The summed E-state index contributed by atoms with van der Waals surface area (Å²) < 4.78 is 97.8. The molecule has 0 bridgehead atoms.